The monoisotopic (exact) mass is 403 g/mol. The van der Waals surface area contributed by atoms with E-state index in [-0.39, 0.29) is 17.3 Å². The quantitative estimate of drug-likeness (QED) is 0.770. The van der Waals surface area contributed by atoms with E-state index in [9.17, 15) is 13.6 Å². The average Bonchev–Trinajstić information content (AvgIpc) is 3.14. The SMILES string of the molecule is Cc1noc(C)c1C(=O)N1CCC[C@@]2(CCCN2Cc2cc(F)ccc2F)CC1. The molecule has 1 atom stereocenters. The Morgan fingerprint density at radius 3 is 2.62 bits per heavy atom. The first kappa shape index (κ1) is 20.0. The first-order valence-electron chi connectivity index (χ1n) is 10.3. The van der Waals surface area contributed by atoms with E-state index in [4.69, 9.17) is 4.52 Å². The van der Waals surface area contributed by atoms with Crippen LogP contribution < -0.4 is 0 Å². The Morgan fingerprint density at radius 1 is 1.14 bits per heavy atom. The number of carbonyl (C=O) groups is 1. The van der Waals surface area contributed by atoms with Gasteiger partial charge in [-0.15, -0.1) is 0 Å². The highest BCUT2D eigenvalue weighted by molar-refractivity contribution is 5.96. The van der Waals surface area contributed by atoms with Crippen LogP contribution in [0, 0.1) is 25.5 Å². The zero-order valence-electron chi connectivity index (χ0n) is 17.0. The average molecular weight is 403 g/mol. The van der Waals surface area contributed by atoms with Crippen molar-refractivity contribution in [1.82, 2.24) is 15.0 Å². The Labute approximate surface area is 169 Å². The number of likely N-dealkylation sites (tertiary alicyclic amines) is 2. The zero-order chi connectivity index (χ0) is 20.6. The van der Waals surface area contributed by atoms with Gasteiger partial charge in [-0.2, -0.15) is 0 Å². The van der Waals surface area contributed by atoms with E-state index in [0.29, 0.717) is 42.2 Å². The molecule has 3 heterocycles. The predicted molar refractivity (Wildman–Crippen MR) is 104 cm³/mol. The number of carbonyl (C=O) groups excluding carboxylic acids is 1. The number of aromatic nitrogens is 1. The van der Waals surface area contributed by atoms with Gasteiger partial charge in [-0.05, 0) is 70.7 Å². The predicted octanol–water partition coefficient (Wildman–Crippen LogP) is 4.23. The summed E-state index contributed by atoms with van der Waals surface area (Å²) in [6.45, 7) is 6.15. The maximum atomic E-state index is 14.2. The van der Waals surface area contributed by atoms with E-state index < -0.39 is 5.82 Å². The van der Waals surface area contributed by atoms with Gasteiger partial charge >= 0.3 is 0 Å². The number of rotatable bonds is 3. The number of nitrogens with zero attached hydrogens (tertiary/aromatic N) is 3. The maximum Gasteiger partial charge on any atom is 0.259 e. The summed E-state index contributed by atoms with van der Waals surface area (Å²) in [6, 6.07) is 3.65. The molecular weight excluding hydrogens is 376 g/mol. The molecule has 2 aliphatic rings. The van der Waals surface area contributed by atoms with Crippen LogP contribution in [0.4, 0.5) is 8.78 Å². The standard InChI is InChI=1S/C22H27F2N3O2/c1-15-20(16(2)29-25-15)21(28)26-10-3-7-22(9-12-26)8-4-11-27(22)14-17-13-18(23)5-6-19(17)24/h5-6,13H,3-4,7-12,14H2,1-2H3/t22-/m1/s1. The highest BCUT2D eigenvalue weighted by Gasteiger charge is 2.42. The third-order valence-electron chi connectivity index (χ3n) is 6.56. The maximum absolute atomic E-state index is 14.2. The molecule has 0 bridgehead atoms. The van der Waals surface area contributed by atoms with Gasteiger partial charge in [0.15, 0.2) is 0 Å². The molecule has 0 radical (unpaired) electrons. The molecule has 2 aliphatic heterocycles. The summed E-state index contributed by atoms with van der Waals surface area (Å²) < 4.78 is 33.0. The fourth-order valence-electron chi connectivity index (χ4n) is 5.01. The van der Waals surface area contributed by atoms with E-state index in [2.05, 4.69) is 10.1 Å². The first-order chi connectivity index (χ1) is 13.9. The number of amides is 1. The van der Waals surface area contributed by atoms with Gasteiger partial charge in [-0.1, -0.05) is 5.16 Å². The van der Waals surface area contributed by atoms with E-state index in [1.807, 2.05) is 4.90 Å². The van der Waals surface area contributed by atoms with Crippen LogP contribution in [0.2, 0.25) is 0 Å². The number of hydrogen-bond donors (Lipinski definition) is 0. The van der Waals surface area contributed by atoms with Crippen molar-refractivity contribution in [2.75, 3.05) is 19.6 Å². The molecule has 156 valence electrons. The fourth-order valence-corrected chi connectivity index (χ4v) is 5.01. The fraction of sp³-hybridized carbons (Fsp3) is 0.545. The Balaban J connectivity index is 1.50. The van der Waals surface area contributed by atoms with Gasteiger partial charge in [0.2, 0.25) is 0 Å². The second-order valence-electron chi connectivity index (χ2n) is 8.33. The lowest BCUT2D eigenvalue weighted by atomic mass is 9.87. The summed E-state index contributed by atoms with van der Waals surface area (Å²) in [5.74, 6) is -0.251. The van der Waals surface area contributed by atoms with Crippen molar-refractivity contribution in [3.63, 3.8) is 0 Å². The topological polar surface area (TPSA) is 49.6 Å². The van der Waals surface area contributed by atoms with Gasteiger partial charge in [-0.3, -0.25) is 9.69 Å². The number of aryl methyl sites for hydroxylation is 2. The minimum absolute atomic E-state index is 0.0287. The normalized spacial score (nSPS) is 23.0. The molecule has 5 nitrogen and oxygen atoms in total. The molecule has 2 fully saturated rings. The molecule has 29 heavy (non-hydrogen) atoms. The summed E-state index contributed by atoms with van der Waals surface area (Å²) in [5.41, 5.74) is 1.52. The highest BCUT2D eigenvalue weighted by Crippen LogP contribution is 2.40. The van der Waals surface area contributed by atoms with Crippen molar-refractivity contribution in [3.8, 4) is 0 Å². The lowest BCUT2D eigenvalue weighted by molar-refractivity contribution is 0.0735. The summed E-state index contributed by atoms with van der Waals surface area (Å²) >= 11 is 0. The third kappa shape index (κ3) is 3.80. The minimum Gasteiger partial charge on any atom is -0.361 e. The highest BCUT2D eigenvalue weighted by atomic mass is 19.1. The Kier molecular flexibility index (Phi) is 5.42. The van der Waals surface area contributed by atoms with Gasteiger partial charge in [0.05, 0.1) is 5.69 Å². The lowest BCUT2D eigenvalue weighted by Crippen LogP contribution is -2.44. The van der Waals surface area contributed by atoms with Crippen molar-refractivity contribution < 1.29 is 18.1 Å². The van der Waals surface area contributed by atoms with Crippen LogP contribution in [0.25, 0.3) is 0 Å². The van der Waals surface area contributed by atoms with Crippen molar-refractivity contribution in [1.29, 1.82) is 0 Å². The van der Waals surface area contributed by atoms with Crippen LogP contribution in [-0.4, -0.2) is 46.0 Å². The molecule has 1 aromatic carbocycles. The molecule has 1 aromatic heterocycles. The second kappa shape index (κ2) is 7.86. The van der Waals surface area contributed by atoms with Gasteiger partial charge in [0, 0.05) is 30.7 Å². The van der Waals surface area contributed by atoms with Crippen LogP contribution in [0.1, 0.15) is 59.5 Å². The number of halogens is 2. The largest absolute Gasteiger partial charge is 0.361 e. The molecule has 1 amide bonds. The van der Waals surface area contributed by atoms with Crippen LogP contribution in [0.15, 0.2) is 22.7 Å². The molecule has 0 unspecified atom stereocenters. The summed E-state index contributed by atoms with van der Waals surface area (Å²) in [7, 11) is 0. The first-order valence-corrected chi connectivity index (χ1v) is 10.3. The van der Waals surface area contributed by atoms with Crippen molar-refractivity contribution in [2.45, 2.75) is 58.0 Å². The van der Waals surface area contributed by atoms with E-state index in [0.717, 1.165) is 44.7 Å². The Bertz CT molecular complexity index is 894. The van der Waals surface area contributed by atoms with Crippen LogP contribution in [-0.2, 0) is 6.54 Å². The minimum atomic E-state index is -0.410. The van der Waals surface area contributed by atoms with E-state index >= 15 is 0 Å². The molecule has 4 rings (SSSR count). The molecule has 0 N–H and O–H groups in total. The lowest BCUT2D eigenvalue weighted by Gasteiger charge is -2.38. The molecule has 0 aliphatic carbocycles. The third-order valence-corrected chi connectivity index (χ3v) is 6.56. The van der Waals surface area contributed by atoms with Crippen LogP contribution >= 0.6 is 0 Å². The van der Waals surface area contributed by atoms with E-state index in [1.165, 1.54) is 12.1 Å². The smallest absolute Gasteiger partial charge is 0.259 e. The van der Waals surface area contributed by atoms with Gasteiger partial charge in [0.1, 0.15) is 23.0 Å². The van der Waals surface area contributed by atoms with Crippen molar-refractivity contribution >= 4 is 5.91 Å². The molecule has 2 saturated heterocycles. The summed E-state index contributed by atoms with van der Waals surface area (Å²) in [5, 5.41) is 3.90. The van der Waals surface area contributed by atoms with Gasteiger partial charge < -0.3 is 9.42 Å². The number of hydrogen-bond acceptors (Lipinski definition) is 4. The molecule has 7 heteroatoms. The second-order valence-corrected chi connectivity index (χ2v) is 8.33. The molecule has 1 spiro atoms. The Hall–Kier alpha value is -2.28. The van der Waals surface area contributed by atoms with Gasteiger partial charge in [-0.25, -0.2) is 8.78 Å². The van der Waals surface area contributed by atoms with Crippen molar-refractivity contribution in [3.05, 3.63) is 52.4 Å². The van der Waals surface area contributed by atoms with Gasteiger partial charge in [0.25, 0.3) is 5.91 Å². The summed E-state index contributed by atoms with van der Waals surface area (Å²) in [6.07, 6.45) is 4.73. The van der Waals surface area contributed by atoms with Crippen LogP contribution in [0.5, 0.6) is 0 Å². The van der Waals surface area contributed by atoms with Crippen LogP contribution in [0.3, 0.4) is 0 Å². The summed E-state index contributed by atoms with van der Waals surface area (Å²) in [4.78, 5) is 17.2. The van der Waals surface area contributed by atoms with Crippen molar-refractivity contribution in [2.24, 2.45) is 0 Å². The van der Waals surface area contributed by atoms with E-state index in [1.54, 1.807) is 13.8 Å². The zero-order valence-corrected chi connectivity index (χ0v) is 17.0. The molecule has 0 saturated carbocycles. The number of benzene rings is 1. The Morgan fingerprint density at radius 2 is 1.90 bits per heavy atom. The molecule has 2 aromatic rings. The molecular formula is C22H27F2N3O2.